The zero-order chi connectivity index (χ0) is 16.2. The second kappa shape index (κ2) is 7.02. The Labute approximate surface area is 130 Å². The third kappa shape index (κ3) is 5.11. The van der Waals surface area contributed by atoms with Gasteiger partial charge in [0.05, 0.1) is 7.11 Å². The lowest BCUT2D eigenvalue weighted by molar-refractivity contribution is 0.0939. The molecule has 0 fully saturated rings. The maximum Gasteiger partial charge on any atom is 0.127 e. The van der Waals surface area contributed by atoms with Crippen LogP contribution in [0.25, 0.3) is 5.76 Å². The highest BCUT2D eigenvalue weighted by molar-refractivity contribution is 5.65. The molecule has 1 aromatic rings. The minimum absolute atomic E-state index is 0.229. The Kier molecular flexibility index (Phi) is 5.88. The second-order valence-corrected chi connectivity index (χ2v) is 7.04. The summed E-state index contributed by atoms with van der Waals surface area (Å²) in [6, 6.07) is 8.11. The lowest BCUT2D eigenvalue weighted by Crippen LogP contribution is -2.21. The molecule has 2 nitrogen and oxygen atoms in total. The molecule has 0 aliphatic heterocycles. The highest BCUT2D eigenvalue weighted by Gasteiger charge is 2.22. The van der Waals surface area contributed by atoms with Crippen LogP contribution >= 0.6 is 0 Å². The van der Waals surface area contributed by atoms with Crippen LogP contribution in [0.4, 0.5) is 0 Å². The molecule has 118 valence electrons. The zero-order valence-electron chi connectivity index (χ0n) is 14.8. The largest absolute Gasteiger partial charge is 0.497 e. The summed E-state index contributed by atoms with van der Waals surface area (Å²) in [6.07, 6.45) is 0. The minimum atomic E-state index is -0.229. The Hall–Kier alpha value is -1.44. The molecular weight excluding hydrogens is 260 g/mol. The van der Waals surface area contributed by atoms with E-state index in [1.54, 1.807) is 7.11 Å². The number of methoxy groups -OCH3 is 1. The van der Waals surface area contributed by atoms with E-state index in [1.165, 1.54) is 5.57 Å². The Morgan fingerprint density at radius 3 is 2.00 bits per heavy atom. The fraction of sp³-hybridized carbons (Fsp3) is 0.579. The lowest BCUT2D eigenvalue weighted by atomic mass is 9.89. The van der Waals surface area contributed by atoms with E-state index in [1.807, 2.05) is 18.2 Å². The Bertz CT molecular complexity index is 481. The minimum Gasteiger partial charge on any atom is -0.497 e. The van der Waals surface area contributed by atoms with Crippen molar-refractivity contribution in [2.45, 2.75) is 54.1 Å². The molecule has 0 atom stereocenters. The van der Waals surface area contributed by atoms with Gasteiger partial charge in [0.25, 0.3) is 0 Å². The first kappa shape index (κ1) is 17.6. The van der Waals surface area contributed by atoms with Gasteiger partial charge >= 0.3 is 0 Å². The van der Waals surface area contributed by atoms with E-state index in [4.69, 9.17) is 9.47 Å². The second-order valence-electron chi connectivity index (χ2n) is 7.04. The Morgan fingerprint density at radius 2 is 1.57 bits per heavy atom. The van der Waals surface area contributed by atoms with E-state index >= 15 is 0 Å². The van der Waals surface area contributed by atoms with Gasteiger partial charge < -0.3 is 9.47 Å². The number of benzene rings is 1. The molecule has 2 heteroatoms. The highest BCUT2D eigenvalue weighted by Crippen LogP contribution is 2.34. The van der Waals surface area contributed by atoms with Gasteiger partial charge in [0, 0.05) is 5.56 Å². The lowest BCUT2D eigenvalue weighted by Gasteiger charge is -2.29. The predicted molar refractivity (Wildman–Crippen MR) is 90.4 cm³/mol. The third-order valence-corrected chi connectivity index (χ3v) is 3.25. The van der Waals surface area contributed by atoms with Gasteiger partial charge in [-0.1, -0.05) is 39.8 Å². The fourth-order valence-electron chi connectivity index (χ4n) is 2.55. The van der Waals surface area contributed by atoms with E-state index in [-0.39, 0.29) is 5.60 Å². The van der Waals surface area contributed by atoms with Crippen molar-refractivity contribution in [1.29, 1.82) is 0 Å². The van der Waals surface area contributed by atoms with Crippen molar-refractivity contribution in [2.75, 3.05) is 7.11 Å². The van der Waals surface area contributed by atoms with E-state index in [0.717, 1.165) is 17.1 Å². The average Bonchev–Trinajstić information content (AvgIpc) is 2.35. The molecule has 0 amide bonds. The highest BCUT2D eigenvalue weighted by atomic mass is 16.5. The molecule has 0 saturated carbocycles. The SMILES string of the molecule is COc1cccc(C(OC(C)(C)C)=C(C(C)C)C(C)C)c1. The summed E-state index contributed by atoms with van der Waals surface area (Å²) in [7, 11) is 1.69. The summed E-state index contributed by atoms with van der Waals surface area (Å²) in [4.78, 5) is 0. The van der Waals surface area contributed by atoms with Crippen LogP contribution in [-0.4, -0.2) is 12.7 Å². The maximum absolute atomic E-state index is 6.33. The van der Waals surface area contributed by atoms with E-state index in [0.29, 0.717) is 11.8 Å². The van der Waals surface area contributed by atoms with Gasteiger partial charge in [0.1, 0.15) is 17.1 Å². The van der Waals surface area contributed by atoms with Gasteiger partial charge in [0.15, 0.2) is 0 Å². The Balaban J connectivity index is 3.46. The van der Waals surface area contributed by atoms with Crippen LogP contribution < -0.4 is 4.74 Å². The topological polar surface area (TPSA) is 18.5 Å². The summed E-state index contributed by atoms with van der Waals surface area (Å²) >= 11 is 0. The quantitative estimate of drug-likeness (QED) is 0.663. The van der Waals surface area contributed by atoms with Crippen LogP contribution in [0.2, 0.25) is 0 Å². The molecule has 1 aromatic carbocycles. The van der Waals surface area contributed by atoms with E-state index < -0.39 is 0 Å². The van der Waals surface area contributed by atoms with Crippen LogP contribution in [0.15, 0.2) is 29.8 Å². The first-order valence-corrected chi connectivity index (χ1v) is 7.73. The number of ether oxygens (including phenoxy) is 2. The molecular formula is C19H30O2. The van der Waals surface area contributed by atoms with Crippen molar-refractivity contribution in [2.24, 2.45) is 11.8 Å². The predicted octanol–water partition coefficient (Wildman–Crippen LogP) is 5.53. The molecule has 0 aliphatic carbocycles. The molecule has 0 heterocycles. The molecule has 0 saturated heterocycles. The van der Waals surface area contributed by atoms with Gasteiger partial charge in [-0.25, -0.2) is 0 Å². The molecule has 0 unspecified atom stereocenters. The fourth-order valence-corrected chi connectivity index (χ4v) is 2.55. The molecule has 0 aromatic heterocycles. The summed E-state index contributed by atoms with van der Waals surface area (Å²) < 4.78 is 11.7. The van der Waals surface area contributed by atoms with Crippen molar-refractivity contribution in [3.8, 4) is 5.75 Å². The molecule has 0 bridgehead atoms. The van der Waals surface area contributed by atoms with E-state index in [2.05, 4.69) is 54.5 Å². The molecule has 0 N–H and O–H groups in total. The number of hydrogen-bond donors (Lipinski definition) is 0. The first-order valence-electron chi connectivity index (χ1n) is 7.73. The van der Waals surface area contributed by atoms with Crippen molar-refractivity contribution >= 4 is 5.76 Å². The van der Waals surface area contributed by atoms with Gasteiger partial charge in [0.2, 0.25) is 0 Å². The summed E-state index contributed by atoms with van der Waals surface area (Å²) in [6.45, 7) is 15.2. The van der Waals surface area contributed by atoms with Crippen LogP contribution in [-0.2, 0) is 4.74 Å². The number of allylic oxidation sites excluding steroid dienone is 1. The standard InChI is InChI=1S/C19H30O2/c1-13(2)17(14(3)4)18(21-19(5,6)7)15-10-9-11-16(12-15)20-8/h9-14H,1-8H3. The molecule has 21 heavy (non-hydrogen) atoms. The third-order valence-electron chi connectivity index (χ3n) is 3.25. The van der Waals surface area contributed by atoms with Crippen LogP contribution in [0.3, 0.4) is 0 Å². The molecule has 0 radical (unpaired) electrons. The molecule has 0 aliphatic rings. The summed E-state index contributed by atoms with van der Waals surface area (Å²) in [5.74, 6) is 2.72. The van der Waals surface area contributed by atoms with Gasteiger partial charge in [-0.15, -0.1) is 0 Å². The van der Waals surface area contributed by atoms with Crippen molar-refractivity contribution < 1.29 is 9.47 Å². The monoisotopic (exact) mass is 290 g/mol. The van der Waals surface area contributed by atoms with Crippen molar-refractivity contribution in [3.63, 3.8) is 0 Å². The molecule has 0 spiro atoms. The van der Waals surface area contributed by atoms with Crippen molar-refractivity contribution in [1.82, 2.24) is 0 Å². The van der Waals surface area contributed by atoms with Crippen LogP contribution in [0, 0.1) is 11.8 Å². The van der Waals surface area contributed by atoms with Gasteiger partial charge in [-0.3, -0.25) is 0 Å². The smallest absolute Gasteiger partial charge is 0.127 e. The summed E-state index contributed by atoms with van der Waals surface area (Å²) in [5.41, 5.74) is 2.20. The van der Waals surface area contributed by atoms with Gasteiger partial charge in [-0.05, 0) is 50.3 Å². The average molecular weight is 290 g/mol. The number of hydrogen-bond acceptors (Lipinski definition) is 2. The van der Waals surface area contributed by atoms with Crippen LogP contribution in [0.5, 0.6) is 5.75 Å². The zero-order valence-corrected chi connectivity index (χ0v) is 14.8. The molecule has 1 rings (SSSR count). The van der Waals surface area contributed by atoms with E-state index in [9.17, 15) is 0 Å². The normalized spacial score (nSPS) is 11.7. The number of rotatable bonds is 5. The van der Waals surface area contributed by atoms with Gasteiger partial charge in [-0.2, -0.15) is 0 Å². The maximum atomic E-state index is 6.33. The van der Waals surface area contributed by atoms with Crippen molar-refractivity contribution in [3.05, 3.63) is 35.4 Å². The Morgan fingerprint density at radius 1 is 1.00 bits per heavy atom. The first-order chi connectivity index (χ1) is 9.65. The summed E-state index contributed by atoms with van der Waals surface area (Å²) in [5, 5.41) is 0. The van der Waals surface area contributed by atoms with Crippen LogP contribution in [0.1, 0.15) is 54.0 Å².